The Morgan fingerprint density at radius 2 is 1.55 bits per heavy atom. The molecule has 256 valence electrons. The molecule has 18 N–H and O–H groups in total. The number of ether oxygens (including phenoxy) is 4. The number of nitrogens with one attached hydrogen (secondary N) is 2. The van der Waals surface area contributed by atoms with Crippen LogP contribution < -0.4 is 39.3 Å². The maximum atomic E-state index is 13.0. The van der Waals surface area contributed by atoms with E-state index in [0.717, 1.165) is 6.42 Å². The van der Waals surface area contributed by atoms with Gasteiger partial charge in [0.05, 0.1) is 36.9 Å². The monoisotopic (exact) mass is 637 g/mol. The van der Waals surface area contributed by atoms with Crippen molar-refractivity contribution in [3.8, 4) is 0 Å². The minimum absolute atomic E-state index is 0.0180. The second-order valence-electron chi connectivity index (χ2n) is 12.5. The zero-order valence-electron chi connectivity index (χ0n) is 24.6. The number of hydrogen-bond donors (Lipinski definition) is 13. The first kappa shape index (κ1) is 35.7. The number of carbonyl (C=O) groups is 1. The lowest BCUT2D eigenvalue weighted by molar-refractivity contribution is -0.316. The molecule has 4 aliphatic rings. The summed E-state index contributed by atoms with van der Waals surface area (Å²) in [5, 5.41) is 69.2. The molecule has 4 fully saturated rings. The molecule has 0 aromatic heterocycles. The summed E-state index contributed by atoms with van der Waals surface area (Å²) in [6.07, 6.45) is -11.5. The lowest BCUT2D eigenvalue weighted by Gasteiger charge is -2.49. The van der Waals surface area contributed by atoms with Crippen LogP contribution in [-0.4, -0.2) is 160 Å². The second-order valence-corrected chi connectivity index (χ2v) is 12.5. The number of nitrogens with two attached hydrogens (primary N) is 5. The maximum absolute atomic E-state index is 13.0. The molecule has 0 aromatic carbocycles. The molecule has 0 spiro atoms. The van der Waals surface area contributed by atoms with E-state index in [-0.39, 0.29) is 31.7 Å². The van der Waals surface area contributed by atoms with Crippen molar-refractivity contribution in [2.45, 2.75) is 129 Å². The summed E-state index contributed by atoms with van der Waals surface area (Å²) >= 11 is 0. The number of hydrogen-bond acceptors (Lipinski definition) is 17. The molecule has 2 aliphatic carbocycles. The van der Waals surface area contributed by atoms with E-state index in [1.165, 1.54) is 0 Å². The zero-order chi connectivity index (χ0) is 32.3. The van der Waals surface area contributed by atoms with Crippen LogP contribution >= 0.6 is 0 Å². The van der Waals surface area contributed by atoms with Gasteiger partial charge >= 0.3 is 0 Å². The Kier molecular flexibility index (Phi) is 12.3. The van der Waals surface area contributed by atoms with Gasteiger partial charge in [-0.15, -0.1) is 0 Å². The van der Waals surface area contributed by atoms with Crippen molar-refractivity contribution < 1.29 is 54.4 Å². The largest absolute Gasteiger partial charge is 0.394 e. The van der Waals surface area contributed by atoms with Gasteiger partial charge in [0.1, 0.15) is 42.2 Å². The summed E-state index contributed by atoms with van der Waals surface area (Å²) in [6.45, 7) is 0.786. The second kappa shape index (κ2) is 15.2. The fourth-order valence-electron chi connectivity index (χ4n) is 6.27. The van der Waals surface area contributed by atoms with E-state index in [2.05, 4.69) is 10.6 Å². The van der Waals surface area contributed by atoms with Gasteiger partial charge < -0.3 is 88.9 Å². The SMILES string of the molecule is NCCCNC[C@H]1O[C@H](OC2[C@@H](N)C[C@@H](NC(=O)C3(O)CC(N)C3)[C@H](O[C@H]3O[C@H](CO)[C@@H](O)[C@H](N)[C@H]3O)[C@H]2O)[C@H](N)C[C@@H]1O. The van der Waals surface area contributed by atoms with Crippen LogP contribution in [0.15, 0.2) is 0 Å². The molecule has 2 heterocycles. The van der Waals surface area contributed by atoms with Crippen molar-refractivity contribution in [1.82, 2.24) is 10.6 Å². The molecule has 14 atom stereocenters. The molecule has 18 nitrogen and oxygen atoms in total. The van der Waals surface area contributed by atoms with Gasteiger partial charge in [0.25, 0.3) is 5.91 Å². The van der Waals surface area contributed by atoms with Crippen LogP contribution in [0.3, 0.4) is 0 Å². The number of carbonyl (C=O) groups excluding carboxylic acids is 1. The summed E-state index contributed by atoms with van der Waals surface area (Å²) in [7, 11) is 0. The maximum Gasteiger partial charge on any atom is 0.252 e. The van der Waals surface area contributed by atoms with E-state index in [1.807, 2.05) is 0 Å². The van der Waals surface area contributed by atoms with Crippen molar-refractivity contribution in [1.29, 1.82) is 0 Å². The minimum Gasteiger partial charge on any atom is -0.394 e. The van der Waals surface area contributed by atoms with E-state index in [0.29, 0.717) is 19.6 Å². The van der Waals surface area contributed by atoms with Crippen LogP contribution in [0.25, 0.3) is 0 Å². The highest BCUT2D eigenvalue weighted by atomic mass is 16.7. The van der Waals surface area contributed by atoms with E-state index < -0.39 is 104 Å². The molecule has 0 aromatic rings. The summed E-state index contributed by atoms with van der Waals surface area (Å²) < 4.78 is 23.6. The number of aliphatic hydroxyl groups is 6. The Morgan fingerprint density at radius 3 is 2.18 bits per heavy atom. The standard InChI is InChI=1S/C26H51N7O11/c27-2-1-3-32-8-15-14(35)5-12(30)23(41-15)43-21-11(29)4-13(33-25(39)26(40)6-10(28)7-26)22(20(21)38)44-24-19(37)17(31)18(36)16(9-34)42-24/h10-24,32,34-38,40H,1-9,27-31H2,(H,33,39)/t10?,11-,12+,13+,14-,15+,16+,17-,18+,19+,20-,21?,22-,23+,24+,26?/m0/s1. The third-order valence-electron chi connectivity index (χ3n) is 8.98. The van der Waals surface area contributed by atoms with Gasteiger partial charge in [-0.3, -0.25) is 4.79 Å². The Hall–Kier alpha value is -1.17. The molecule has 2 saturated carbocycles. The normalized spacial score (nSPS) is 48.0. The van der Waals surface area contributed by atoms with Crippen LogP contribution in [0.1, 0.15) is 32.1 Å². The van der Waals surface area contributed by atoms with Crippen LogP contribution in [0, 0.1) is 0 Å². The Labute approximate surface area is 255 Å². The highest BCUT2D eigenvalue weighted by molar-refractivity contribution is 5.86. The number of amides is 1. The van der Waals surface area contributed by atoms with Gasteiger partial charge in [-0.25, -0.2) is 0 Å². The van der Waals surface area contributed by atoms with Crippen molar-refractivity contribution in [3.63, 3.8) is 0 Å². The fraction of sp³-hybridized carbons (Fsp3) is 0.962. The van der Waals surface area contributed by atoms with E-state index >= 15 is 0 Å². The van der Waals surface area contributed by atoms with Gasteiger partial charge in [-0.1, -0.05) is 0 Å². The zero-order valence-corrected chi connectivity index (χ0v) is 24.6. The van der Waals surface area contributed by atoms with Gasteiger partial charge in [0.2, 0.25) is 0 Å². The quantitative estimate of drug-likeness (QED) is 0.0883. The lowest BCUT2D eigenvalue weighted by atomic mass is 9.75. The Morgan fingerprint density at radius 1 is 0.886 bits per heavy atom. The third-order valence-corrected chi connectivity index (χ3v) is 8.98. The molecule has 2 saturated heterocycles. The molecule has 18 heteroatoms. The summed E-state index contributed by atoms with van der Waals surface area (Å²) in [5.74, 6) is -0.737. The highest BCUT2D eigenvalue weighted by Gasteiger charge is 2.53. The molecular formula is C26H51N7O11. The molecule has 4 rings (SSSR count). The molecule has 0 radical (unpaired) electrons. The first-order valence-corrected chi connectivity index (χ1v) is 15.2. The molecule has 1 amide bonds. The van der Waals surface area contributed by atoms with Gasteiger partial charge in [-0.2, -0.15) is 0 Å². The predicted molar refractivity (Wildman–Crippen MR) is 152 cm³/mol. The summed E-state index contributed by atoms with van der Waals surface area (Å²) in [6, 6.07) is -4.29. The number of rotatable bonds is 12. The minimum atomic E-state index is -1.71. The van der Waals surface area contributed by atoms with Gasteiger partial charge in [0, 0.05) is 31.5 Å². The molecule has 0 bridgehead atoms. The van der Waals surface area contributed by atoms with E-state index in [4.69, 9.17) is 47.6 Å². The Balaban J connectivity index is 1.51. The molecule has 2 aliphatic heterocycles. The average molecular weight is 638 g/mol. The van der Waals surface area contributed by atoms with Crippen LogP contribution in [0.2, 0.25) is 0 Å². The van der Waals surface area contributed by atoms with Crippen molar-refractivity contribution in [3.05, 3.63) is 0 Å². The van der Waals surface area contributed by atoms with Crippen LogP contribution in [0.5, 0.6) is 0 Å². The molecular weight excluding hydrogens is 586 g/mol. The van der Waals surface area contributed by atoms with Crippen molar-refractivity contribution in [2.75, 3.05) is 26.2 Å². The molecule has 44 heavy (non-hydrogen) atoms. The average Bonchev–Trinajstić information content (AvgIpc) is 2.96. The van der Waals surface area contributed by atoms with Crippen molar-refractivity contribution in [2.24, 2.45) is 28.7 Å². The number of aliphatic hydroxyl groups excluding tert-OH is 5. The first-order valence-electron chi connectivity index (χ1n) is 15.2. The smallest absolute Gasteiger partial charge is 0.252 e. The van der Waals surface area contributed by atoms with Gasteiger partial charge in [-0.05, 0) is 32.4 Å². The Bertz CT molecular complexity index is 935. The summed E-state index contributed by atoms with van der Waals surface area (Å²) in [4.78, 5) is 13.0. The van der Waals surface area contributed by atoms with Crippen molar-refractivity contribution >= 4 is 5.91 Å². The third kappa shape index (κ3) is 7.85. The highest BCUT2D eigenvalue weighted by Crippen LogP contribution is 2.34. The first-order chi connectivity index (χ1) is 20.8. The summed E-state index contributed by atoms with van der Waals surface area (Å²) in [5.41, 5.74) is 28.2. The fourth-order valence-corrected chi connectivity index (χ4v) is 6.27. The van der Waals surface area contributed by atoms with Crippen LogP contribution in [-0.2, 0) is 23.7 Å². The lowest BCUT2D eigenvalue weighted by Crippen LogP contribution is -2.70. The molecule has 1 unspecified atom stereocenters. The van der Waals surface area contributed by atoms with E-state index in [9.17, 15) is 35.4 Å². The predicted octanol–water partition coefficient (Wildman–Crippen LogP) is -7.31. The van der Waals surface area contributed by atoms with Crippen LogP contribution in [0.4, 0.5) is 0 Å². The van der Waals surface area contributed by atoms with Gasteiger partial charge in [0.15, 0.2) is 12.6 Å². The van der Waals surface area contributed by atoms with E-state index in [1.54, 1.807) is 0 Å². The topological polar surface area (TPSA) is 330 Å².